The average Bonchev–Trinajstić information content (AvgIpc) is 3.22. The summed E-state index contributed by atoms with van der Waals surface area (Å²) in [6.45, 7) is 3.26. The average molecular weight is 477 g/mol. The minimum absolute atomic E-state index is 0.0834. The SMILES string of the molecule is COC(=O)c1cn(C(=O)CN(c2cccc(C)c2)S(=O)(=O)c2ccc(C)cc2)c2ccccc12. The fourth-order valence-electron chi connectivity index (χ4n) is 3.79. The minimum Gasteiger partial charge on any atom is -0.465 e. The van der Waals surface area contributed by atoms with E-state index in [1.54, 1.807) is 54.6 Å². The normalized spacial score (nSPS) is 11.4. The Kier molecular flexibility index (Phi) is 6.26. The number of aryl methyl sites for hydroxylation is 2. The first-order valence-corrected chi connectivity index (χ1v) is 12.0. The molecule has 34 heavy (non-hydrogen) atoms. The predicted octanol–water partition coefficient (Wildman–Crippen LogP) is 4.58. The number of esters is 1. The Morgan fingerprint density at radius 1 is 0.912 bits per heavy atom. The third-order valence-electron chi connectivity index (χ3n) is 5.56. The number of hydrogen-bond acceptors (Lipinski definition) is 5. The maximum atomic E-state index is 13.6. The Hall–Kier alpha value is -3.91. The van der Waals surface area contributed by atoms with E-state index in [9.17, 15) is 18.0 Å². The number of sulfonamides is 1. The Bertz CT molecular complexity index is 1490. The van der Waals surface area contributed by atoms with Crippen molar-refractivity contribution < 1.29 is 22.7 Å². The number of nitrogens with zero attached hydrogens (tertiary/aromatic N) is 2. The van der Waals surface area contributed by atoms with E-state index >= 15 is 0 Å². The van der Waals surface area contributed by atoms with E-state index < -0.39 is 28.4 Å². The number of methoxy groups -OCH3 is 1. The van der Waals surface area contributed by atoms with E-state index in [0.717, 1.165) is 15.4 Å². The Balaban J connectivity index is 1.81. The number of hydrogen-bond donors (Lipinski definition) is 0. The fraction of sp³-hybridized carbons (Fsp3) is 0.154. The lowest BCUT2D eigenvalue weighted by atomic mass is 10.2. The summed E-state index contributed by atoms with van der Waals surface area (Å²) in [5, 5.41) is 0.547. The number of benzene rings is 3. The number of anilines is 1. The van der Waals surface area contributed by atoms with Crippen molar-refractivity contribution in [3.05, 3.63) is 95.7 Å². The van der Waals surface area contributed by atoms with Gasteiger partial charge < -0.3 is 4.74 Å². The van der Waals surface area contributed by atoms with Crippen LogP contribution in [0.4, 0.5) is 5.69 Å². The summed E-state index contributed by atoms with van der Waals surface area (Å²) in [4.78, 5) is 25.8. The zero-order chi connectivity index (χ0) is 24.5. The first-order valence-electron chi connectivity index (χ1n) is 10.6. The van der Waals surface area contributed by atoms with E-state index in [0.29, 0.717) is 16.6 Å². The summed E-state index contributed by atoms with van der Waals surface area (Å²) in [7, 11) is -2.78. The van der Waals surface area contributed by atoms with Crippen LogP contribution in [0.5, 0.6) is 0 Å². The Morgan fingerprint density at radius 2 is 1.62 bits per heavy atom. The molecular formula is C26H24N2O5S. The number of ether oxygens (including phenoxy) is 1. The highest BCUT2D eigenvalue weighted by Gasteiger charge is 2.29. The molecule has 1 heterocycles. The van der Waals surface area contributed by atoms with Crippen molar-refractivity contribution >= 4 is 38.5 Å². The molecule has 8 heteroatoms. The highest BCUT2D eigenvalue weighted by molar-refractivity contribution is 7.92. The van der Waals surface area contributed by atoms with E-state index in [2.05, 4.69) is 0 Å². The zero-order valence-electron chi connectivity index (χ0n) is 19.1. The second-order valence-corrected chi connectivity index (χ2v) is 9.84. The third kappa shape index (κ3) is 4.32. The number of rotatable bonds is 6. The molecule has 4 rings (SSSR count). The Morgan fingerprint density at radius 3 is 2.29 bits per heavy atom. The molecule has 0 unspecified atom stereocenters. The molecule has 0 bridgehead atoms. The number of para-hydroxylation sites is 1. The van der Waals surface area contributed by atoms with Crippen LogP contribution < -0.4 is 4.31 Å². The molecular weight excluding hydrogens is 452 g/mol. The zero-order valence-corrected chi connectivity index (χ0v) is 19.9. The molecule has 174 valence electrons. The third-order valence-corrected chi connectivity index (χ3v) is 7.35. The molecule has 0 spiro atoms. The lowest BCUT2D eigenvalue weighted by Gasteiger charge is -2.24. The number of aromatic nitrogens is 1. The van der Waals surface area contributed by atoms with Gasteiger partial charge in [0.25, 0.3) is 15.9 Å². The van der Waals surface area contributed by atoms with Gasteiger partial charge in [-0.2, -0.15) is 0 Å². The summed E-state index contributed by atoms with van der Waals surface area (Å²) >= 11 is 0. The highest BCUT2D eigenvalue weighted by atomic mass is 32.2. The van der Waals surface area contributed by atoms with Gasteiger partial charge in [0.2, 0.25) is 0 Å². The van der Waals surface area contributed by atoms with Crippen LogP contribution in [0.3, 0.4) is 0 Å². The maximum absolute atomic E-state index is 13.6. The molecule has 0 aliphatic carbocycles. The fourth-order valence-corrected chi connectivity index (χ4v) is 5.20. The van der Waals surface area contributed by atoms with Crippen LogP contribution in [0.25, 0.3) is 10.9 Å². The van der Waals surface area contributed by atoms with E-state index in [1.807, 2.05) is 19.9 Å². The van der Waals surface area contributed by atoms with Crippen LogP contribution in [-0.2, 0) is 14.8 Å². The maximum Gasteiger partial charge on any atom is 0.340 e. The van der Waals surface area contributed by atoms with Crippen molar-refractivity contribution in [3.8, 4) is 0 Å². The van der Waals surface area contributed by atoms with Crippen molar-refractivity contribution in [3.63, 3.8) is 0 Å². The summed E-state index contributed by atoms with van der Waals surface area (Å²) in [6, 6.07) is 20.4. The number of carbonyl (C=O) groups excluding carboxylic acids is 2. The van der Waals surface area contributed by atoms with Gasteiger partial charge in [0.05, 0.1) is 28.8 Å². The molecule has 0 saturated heterocycles. The van der Waals surface area contributed by atoms with Gasteiger partial charge in [-0.3, -0.25) is 13.7 Å². The number of carbonyl (C=O) groups is 2. The second kappa shape index (κ2) is 9.15. The summed E-state index contributed by atoms with van der Waals surface area (Å²) in [5.74, 6) is -1.09. The van der Waals surface area contributed by atoms with Crippen molar-refractivity contribution in [1.29, 1.82) is 0 Å². The van der Waals surface area contributed by atoms with Crippen LogP contribution in [0.1, 0.15) is 26.3 Å². The van der Waals surface area contributed by atoms with Gasteiger partial charge in [0.1, 0.15) is 6.54 Å². The molecule has 4 aromatic rings. The highest BCUT2D eigenvalue weighted by Crippen LogP contribution is 2.27. The molecule has 3 aromatic carbocycles. The van der Waals surface area contributed by atoms with Crippen LogP contribution in [0.2, 0.25) is 0 Å². The molecule has 0 fully saturated rings. The van der Waals surface area contributed by atoms with Gasteiger partial charge in [-0.15, -0.1) is 0 Å². The lowest BCUT2D eigenvalue weighted by molar-refractivity contribution is 0.0603. The van der Waals surface area contributed by atoms with Gasteiger partial charge in [-0.05, 0) is 49.7 Å². The summed E-state index contributed by atoms with van der Waals surface area (Å²) in [6.07, 6.45) is 1.39. The van der Waals surface area contributed by atoms with Gasteiger partial charge in [-0.25, -0.2) is 13.2 Å². The first-order chi connectivity index (χ1) is 16.2. The second-order valence-electron chi connectivity index (χ2n) is 7.98. The standard InChI is InChI=1S/C26H24N2O5S/c1-18-11-13-21(14-12-18)34(31,32)28(20-8-6-7-19(2)15-20)17-25(29)27-16-23(26(30)33-3)22-9-4-5-10-24(22)27/h4-16H,17H2,1-3H3. The summed E-state index contributed by atoms with van der Waals surface area (Å²) < 4.78 is 34.5. The van der Waals surface area contributed by atoms with Crippen LogP contribution >= 0.6 is 0 Å². The van der Waals surface area contributed by atoms with Gasteiger partial charge in [0.15, 0.2) is 0 Å². The largest absolute Gasteiger partial charge is 0.465 e. The predicted molar refractivity (Wildman–Crippen MR) is 131 cm³/mol. The monoisotopic (exact) mass is 476 g/mol. The number of fused-ring (bicyclic) bond motifs is 1. The van der Waals surface area contributed by atoms with Crippen LogP contribution in [-0.4, -0.2) is 38.5 Å². The van der Waals surface area contributed by atoms with Gasteiger partial charge in [0, 0.05) is 11.6 Å². The Labute approximate surface area is 198 Å². The van der Waals surface area contributed by atoms with Gasteiger partial charge >= 0.3 is 5.97 Å². The van der Waals surface area contributed by atoms with Crippen molar-refractivity contribution in [2.45, 2.75) is 18.7 Å². The molecule has 7 nitrogen and oxygen atoms in total. The topological polar surface area (TPSA) is 85.7 Å². The molecule has 0 radical (unpaired) electrons. The van der Waals surface area contributed by atoms with E-state index in [1.165, 1.54) is 30.0 Å². The van der Waals surface area contributed by atoms with Crippen molar-refractivity contribution in [1.82, 2.24) is 4.57 Å². The molecule has 0 atom stereocenters. The van der Waals surface area contributed by atoms with Crippen LogP contribution in [0, 0.1) is 13.8 Å². The molecule has 0 aliphatic rings. The minimum atomic E-state index is -4.05. The molecule has 0 N–H and O–H groups in total. The molecule has 0 amide bonds. The van der Waals surface area contributed by atoms with Crippen molar-refractivity contribution in [2.75, 3.05) is 18.0 Å². The van der Waals surface area contributed by atoms with Gasteiger partial charge in [-0.1, -0.05) is 48.0 Å². The van der Waals surface area contributed by atoms with E-state index in [-0.39, 0.29) is 10.5 Å². The lowest BCUT2D eigenvalue weighted by Crippen LogP contribution is -2.37. The quantitative estimate of drug-likeness (QED) is 0.380. The molecule has 0 aliphatic heterocycles. The van der Waals surface area contributed by atoms with E-state index in [4.69, 9.17) is 4.74 Å². The van der Waals surface area contributed by atoms with Crippen LogP contribution in [0.15, 0.2) is 83.9 Å². The molecule has 1 aromatic heterocycles. The summed E-state index contributed by atoms with van der Waals surface area (Å²) in [5.41, 5.74) is 2.87. The van der Waals surface area contributed by atoms with Crippen molar-refractivity contribution in [2.24, 2.45) is 0 Å². The first kappa shape index (κ1) is 23.3. The molecule has 0 saturated carbocycles. The smallest absolute Gasteiger partial charge is 0.340 e.